The van der Waals surface area contributed by atoms with Gasteiger partial charge in [-0.1, -0.05) is 6.07 Å². The van der Waals surface area contributed by atoms with E-state index in [9.17, 15) is 9.59 Å². The molecule has 0 saturated carbocycles. The fraction of sp³-hybridized carbons (Fsp3) is 0.381. The van der Waals surface area contributed by atoms with Crippen LogP contribution in [0, 0.1) is 0 Å². The Bertz CT molecular complexity index is 994. The van der Waals surface area contributed by atoms with E-state index in [1.807, 2.05) is 12.1 Å². The zero-order chi connectivity index (χ0) is 20.8. The number of pyridine rings is 1. The molecule has 1 aromatic heterocycles. The van der Waals surface area contributed by atoms with Crippen LogP contribution in [0.2, 0.25) is 0 Å². The molecule has 0 spiro atoms. The van der Waals surface area contributed by atoms with Crippen molar-refractivity contribution in [3.63, 3.8) is 0 Å². The van der Waals surface area contributed by atoms with Crippen LogP contribution in [0.3, 0.4) is 0 Å². The topological polar surface area (TPSA) is 74.8 Å². The predicted octanol–water partition coefficient (Wildman–Crippen LogP) is 2.75. The zero-order valence-electron chi connectivity index (χ0n) is 17.3. The maximum atomic E-state index is 12.2. The Morgan fingerprint density at radius 1 is 1.36 bits per heavy atom. The van der Waals surface area contributed by atoms with Crippen molar-refractivity contribution in [2.75, 3.05) is 32.6 Å². The molecule has 0 unspecified atom stereocenters. The smallest absolute Gasteiger partial charge is 0.317 e. The van der Waals surface area contributed by atoms with Gasteiger partial charge in [-0.05, 0) is 29.7 Å². The molecule has 2 aromatic rings. The van der Waals surface area contributed by atoms with Crippen LogP contribution < -0.4 is 15.0 Å². The number of fused-ring (bicyclic) bond motifs is 2. The lowest BCUT2D eigenvalue weighted by Crippen LogP contribution is -2.39. The fourth-order valence-corrected chi connectivity index (χ4v) is 3.61. The summed E-state index contributed by atoms with van der Waals surface area (Å²) in [4.78, 5) is 31.6. The van der Waals surface area contributed by atoms with E-state index in [0.29, 0.717) is 37.2 Å². The van der Waals surface area contributed by atoms with Crippen molar-refractivity contribution in [3.05, 3.63) is 41.7 Å². The second kappa shape index (κ2) is 7.14. The Labute approximate surface area is 165 Å². The Hall–Kier alpha value is -3.09. The number of nitrogens with one attached hydrogen (secondary N) is 1. The summed E-state index contributed by atoms with van der Waals surface area (Å²) >= 11 is 0. The summed E-state index contributed by atoms with van der Waals surface area (Å²) < 4.78 is 14.8. The summed E-state index contributed by atoms with van der Waals surface area (Å²) in [6.07, 6.45) is 4.82. The molecule has 0 bridgehead atoms. The van der Waals surface area contributed by atoms with E-state index in [2.05, 4.69) is 16.4 Å². The first-order valence-corrected chi connectivity index (χ1v) is 9.31. The number of hydrogen-bond acceptors (Lipinski definition) is 4. The number of nitrogens with zero attached hydrogens (tertiary/aromatic N) is 3. The van der Waals surface area contributed by atoms with E-state index in [1.54, 1.807) is 38.4 Å². The molecule has 7 heteroatoms. The van der Waals surface area contributed by atoms with Crippen LogP contribution in [0.5, 0.6) is 5.75 Å². The lowest BCUT2D eigenvalue weighted by Gasteiger charge is -2.29. The third-order valence-electron chi connectivity index (χ3n) is 5.22. The Morgan fingerprint density at radius 3 is 2.96 bits per heavy atom. The minimum absolute atomic E-state index is 0.114. The minimum atomic E-state index is -1.31. The number of carbonyl (C=O) groups excluding carboxylic acids is 2. The molecule has 3 amide bonds. The van der Waals surface area contributed by atoms with E-state index >= 15 is 0 Å². The van der Waals surface area contributed by atoms with Crippen LogP contribution >= 0.6 is 0 Å². The number of aryl methyl sites for hydroxylation is 1. The monoisotopic (exact) mass is 381 g/mol. The minimum Gasteiger partial charge on any atom is -0.492 e. The number of amides is 3. The summed E-state index contributed by atoms with van der Waals surface area (Å²) in [5, 5.41) is 2.78. The van der Waals surface area contributed by atoms with Crippen molar-refractivity contribution in [1.29, 1.82) is 0 Å². The van der Waals surface area contributed by atoms with Gasteiger partial charge in [0.1, 0.15) is 5.75 Å². The maximum absolute atomic E-state index is 12.2. The fourth-order valence-electron chi connectivity index (χ4n) is 3.61. The predicted molar refractivity (Wildman–Crippen MR) is 106 cm³/mol. The summed E-state index contributed by atoms with van der Waals surface area (Å²) in [5.74, 6) is 0.684. The normalized spacial score (nSPS) is 21.2. The Balaban J connectivity index is 1.75. The number of anilines is 1. The highest BCUT2D eigenvalue weighted by Crippen LogP contribution is 2.41. The Kier molecular flexibility index (Phi) is 4.35. The first-order valence-electron chi connectivity index (χ1n) is 9.81. The van der Waals surface area contributed by atoms with Crippen molar-refractivity contribution in [3.8, 4) is 16.9 Å². The van der Waals surface area contributed by atoms with E-state index in [4.69, 9.17) is 6.11 Å². The van der Waals surface area contributed by atoms with Gasteiger partial charge in [-0.2, -0.15) is 0 Å². The standard InChI is InChI=1S/C21H24N4O3/c1-24(2)21(27)23-17-8-9-28-20-15(11-22-12-16(17)20)13-4-6-18-14(10-13)5-7-19(26)25(18)3/h4,6,10-12,17H,5,7-9H2,1-3H3,(H,23,27)/t17-/m1/s1/i17D. The highest BCUT2D eigenvalue weighted by atomic mass is 16.5. The molecule has 2 aliphatic rings. The van der Waals surface area contributed by atoms with E-state index in [-0.39, 0.29) is 11.9 Å². The van der Waals surface area contributed by atoms with Crippen LogP contribution in [0.25, 0.3) is 11.1 Å². The number of ether oxygens (including phenoxy) is 1. The van der Waals surface area contributed by atoms with Crippen LogP contribution in [-0.2, 0) is 11.2 Å². The quantitative estimate of drug-likeness (QED) is 0.868. The molecule has 1 aromatic carbocycles. The van der Waals surface area contributed by atoms with Gasteiger partial charge in [-0.25, -0.2) is 4.79 Å². The molecule has 3 heterocycles. The molecule has 1 atom stereocenters. The van der Waals surface area contributed by atoms with Gasteiger partial charge in [0.2, 0.25) is 5.91 Å². The molecule has 0 aliphatic carbocycles. The molecular formula is C21H24N4O3. The number of rotatable bonds is 2. The van der Waals surface area contributed by atoms with Crippen LogP contribution in [-0.4, -0.2) is 49.6 Å². The van der Waals surface area contributed by atoms with Gasteiger partial charge >= 0.3 is 6.03 Å². The molecule has 2 aliphatic heterocycles. The molecule has 7 nitrogen and oxygen atoms in total. The molecule has 1 N–H and O–H groups in total. The molecule has 28 heavy (non-hydrogen) atoms. The van der Waals surface area contributed by atoms with Gasteiger partial charge in [0.25, 0.3) is 0 Å². The van der Waals surface area contributed by atoms with Gasteiger partial charge in [-0.3, -0.25) is 9.78 Å². The molecular weight excluding hydrogens is 356 g/mol. The average Bonchev–Trinajstić information content (AvgIpc) is 2.70. The second-order valence-corrected chi connectivity index (χ2v) is 7.26. The third kappa shape index (κ3) is 3.17. The van der Waals surface area contributed by atoms with E-state index in [1.165, 1.54) is 4.90 Å². The van der Waals surface area contributed by atoms with Gasteiger partial charge in [0.15, 0.2) is 0 Å². The van der Waals surface area contributed by atoms with E-state index in [0.717, 1.165) is 22.4 Å². The third-order valence-corrected chi connectivity index (χ3v) is 5.22. The number of urea groups is 1. The summed E-state index contributed by atoms with van der Waals surface area (Å²) in [6.45, 7) is 0.323. The zero-order valence-corrected chi connectivity index (χ0v) is 16.3. The first-order chi connectivity index (χ1) is 13.8. The van der Waals surface area contributed by atoms with Crippen molar-refractivity contribution in [2.45, 2.75) is 25.3 Å². The molecule has 0 radical (unpaired) electrons. The Morgan fingerprint density at radius 2 is 2.18 bits per heavy atom. The molecule has 4 rings (SSSR count). The van der Waals surface area contributed by atoms with Crippen molar-refractivity contribution in [1.82, 2.24) is 15.2 Å². The van der Waals surface area contributed by atoms with Gasteiger partial charge < -0.3 is 19.9 Å². The highest BCUT2D eigenvalue weighted by molar-refractivity contribution is 5.96. The number of hydrogen-bond donors (Lipinski definition) is 1. The summed E-state index contributed by atoms with van der Waals surface area (Å²) in [7, 11) is 5.07. The van der Waals surface area contributed by atoms with Crippen molar-refractivity contribution in [2.24, 2.45) is 0 Å². The molecule has 146 valence electrons. The summed E-state index contributed by atoms with van der Waals surface area (Å²) in [5.41, 5.74) is 4.24. The average molecular weight is 381 g/mol. The largest absolute Gasteiger partial charge is 0.492 e. The van der Waals surface area contributed by atoms with Crippen LogP contribution in [0.15, 0.2) is 30.6 Å². The number of benzene rings is 1. The lowest BCUT2D eigenvalue weighted by molar-refractivity contribution is -0.118. The van der Waals surface area contributed by atoms with Gasteiger partial charge in [0.05, 0.1) is 14.0 Å². The van der Waals surface area contributed by atoms with Crippen molar-refractivity contribution < 1.29 is 15.7 Å². The molecule has 0 saturated heterocycles. The molecule has 0 fully saturated rings. The number of aromatic nitrogens is 1. The second-order valence-electron chi connectivity index (χ2n) is 7.26. The maximum Gasteiger partial charge on any atom is 0.317 e. The van der Waals surface area contributed by atoms with Crippen LogP contribution in [0.4, 0.5) is 10.5 Å². The van der Waals surface area contributed by atoms with Gasteiger partial charge in [0, 0.05) is 63.2 Å². The van der Waals surface area contributed by atoms with Crippen LogP contribution in [0.1, 0.15) is 31.4 Å². The highest BCUT2D eigenvalue weighted by Gasteiger charge is 2.27. The summed E-state index contributed by atoms with van der Waals surface area (Å²) in [6, 6.07) is 4.29. The number of carbonyl (C=O) groups is 2. The lowest BCUT2D eigenvalue weighted by atomic mass is 9.93. The van der Waals surface area contributed by atoms with Crippen molar-refractivity contribution >= 4 is 17.6 Å². The first kappa shape index (κ1) is 17.0. The van der Waals surface area contributed by atoms with E-state index < -0.39 is 6.02 Å². The van der Waals surface area contributed by atoms with Gasteiger partial charge in [-0.15, -0.1) is 0 Å². The SMILES string of the molecule is [2H][C@@]1(NC(=O)N(C)C)CCOc2c(-c3ccc4c(c3)CCC(=O)N4C)cncc21.